The molecule has 2 aromatic carbocycles. The fourth-order valence-electron chi connectivity index (χ4n) is 5.85. The van der Waals surface area contributed by atoms with Crippen LogP contribution in [0.4, 0.5) is 0 Å². The van der Waals surface area contributed by atoms with E-state index in [1.54, 1.807) is 14.2 Å². The number of H-pyrrole nitrogens is 1. The zero-order chi connectivity index (χ0) is 23.7. The summed E-state index contributed by atoms with van der Waals surface area (Å²) in [6.07, 6.45) is 2.42. The molecule has 0 bridgehead atoms. The van der Waals surface area contributed by atoms with Crippen molar-refractivity contribution in [2.24, 2.45) is 0 Å². The zero-order valence-electron chi connectivity index (χ0n) is 20.0. The first-order valence-electron chi connectivity index (χ1n) is 12.0. The molecule has 1 fully saturated rings. The van der Waals surface area contributed by atoms with Crippen LogP contribution in [0.3, 0.4) is 0 Å². The Morgan fingerprint density at radius 3 is 2.71 bits per heavy atom. The highest BCUT2D eigenvalue weighted by molar-refractivity contribution is 5.87. The van der Waals surface area contributed by atoms with Gasteiger partial charge in [-0.2, -0.15) is 0 Å². The van der Waals surface area contributed by atoms with Crippen molar-refractivity contribution < 1.29 is 19.0 Å². The molecule has 180 valence electrons. The van der Waals surface area contributed by atoms with Gasteiger partial charge in [-0.25, -0.2) is 0 Å². The van der Waals surface area contributed by atoms with Crippen LogP contribution in [0.1, 0.15) is 41.7 Å². The molecule has 7 heteroatoms. The molecule has 2 aliphatic heterocycles. The van der Waals surface area contributed by atoms with Gasteiger partial charge in [0.15, 0.2) is 0 Å². The van der Waals surface area contributed by atoms with E-state index in [4.69, 9.17) is 14.2 Å². The van der Waals surface area contributed by atoms with Crippen molar-refractivity contribution in [2.75, 3.05) is 34.5 Å². The summed E-state index contributed by atoms with van der Waals surface area (Å²) in [5.41, 5.74) is 4.71. The molecule has 0 saturated carbocycles. The monoisotopic (exact) mass is 463 g/mol. The number of aromatic nitrogens is 1. The Bertz CT molecular complexity index is 1160. The SMILES string of the molecule is COCCN[C@H]1C[C@@H]2c3[nH]c4ccccc4c3C[C@@H](C(=O)OC)N2[C@H](c2cccc(OC)c2)C1. The van der Waals surface area contributed by atoms with Crippen molar-refractivity contribution in [3.05, 3.63) is 65.4 Å². The number of carbonyl (C=O) groups is 1. The highest BCUT2D eigenvalue weighted by atomic mass is 16.5. The van der Waals surface area contributed by atoms with E-state index in [2.05, 4.69) is 51.6 Å². The van der Waals surface area contributed by atoms with E-state index in [9.17, 15) is 4.79 Å². The van der Waals surface area contributed by atoms with Gasteiger partial charge in [0.1, 0.15) is 11.8 Å². The lowest BCUT2D eigenvalue weighted by atomic mass is 9.79. The van der Waals surface area contributed by atoms with Crippen molar-refractivity contribution in [2.45, 2.75) is 43.4 Å². The summed E-state index contributed by atoms with van der Waals surface area (Å²) in [5.74, 6) is 0.640. The average Bonchev–Trinajstić information content (AvgIpc) is 3.26. The second-order valence-corrected chi connectivity index (χ2v) is 9.18. The molecule has 3 heterocycles. The molecule has 5 rings (SSSR count). The topological polar surface area (TPSA) is 75.8 Å². The number of rotatable bonds is 7. The van der Waals surface area contributed by atoms with Crippen LogP contribution >= 0.6 is 0 Å². The molecule has 3 aromatic rings. The lowest BCUT2D eigenvalue weighted by Gasteiger charge is -2.50. The number of para-hydroxylation sites is 1. The summed E-state index contributed by atoms with van der Waals surface area (Å²) in [5, 5.41) is 4.89. The average molecular weight is 464 g/mol. The number of carbonyl (C=O) groups excluding carboxylic acids is 1. The first kappa shape index (κ1) is 22.9. The largest absolute Gasteiger partial charge is 0.497 e. The third-order valence-electron chi connectivity index (χ3n) is 7.36. The van der Waals surface area contributed by atoms with Crippen LogP contribution in [0.5, 0.6) is 5.75 Å². The number of benzene rings is 2. The van der Waals surface area contributed by atoms with Gasteiger partial charge >= 0.3 is 5.97 Å². The lowest BCUT2D eigenvalue weighted by molar-refractivity contribution is -0.152. The van der Waals surface area contributed by atoms with E-state index in [0.717, 1.165) is 36.2 Å². The van der Waals surface area contributed by atoms with Crippen LogP contribution in [0.15, 0.2) is 48.5 Å². The Morgan fingerprint density at radius 2 is 1.91 bits per heavy atom. The van der Waals surface area contributed by atoms with Crippen LogP contribution in [-0.2, 0) is 20.7 Å². The molecule has 0 radical (unpaired) electrons. The smallest absolute Gasteiger partial charge is 0.323 e. The van der Waals surface area contributed by atoms with Gasteiger partial charge in [0.2, 0.25) is 0 Å². The van der Waals surface area contributed by atoms with Crippen LogP contribution in [0, 0.1) is 0 Å². The summed E-state index contributed by atoms with van der Waals surface area (Å²) in [4.78, 5) is 19.2. The fourth-order valence-corrected chi connectivity index (χ4v) is 5.85. The fraction of sp³-hybridized carbons (Fsp3) is 0.444. The van der Waals surface area contributed by atoms with Gasteiger partial charge in [-0.05, 0) is 42.2 Å². The van der Waals surface area contributed by atoms with Gasteiger partial charge in [-0.1, -0.05) is 30.3 Å². The standard InChI is InChI=1S/C27H33N3O4/c1-32-12-11-28-18-14-23(17-7-6-8-19(13-17)33-2)30-24(15-18)26-21(16-25(30)27(31)34-3)20-9-4-5-10-22(20)29-26/h4-10,13,18,23-25,28-29H,11-12,14-16H2,1-3H3/t18-,23+,24-,25+/m1/s1. The summed E-state index contributed by atoms with van der Waals surface area (Å²) in [6.45, 7) is 1.45. The summed E-state index contributed by atoms with van der Waals surface area (Å²) >= 11 is 0. The number of esters is 1. The molecule has 34 heavy (non-hydrogen) atoms. The highest BCUT2D eigenvalue weighted by Crippen LogP contribution is 2.49. The maximum atomic E-state index is 13.2. The number of hydrogen-bond donors (Lipinski definition) is 2. The second-order valence-electron chi connectivity index (χ2n) is 9.18. The van der Waals surface area contributed by atoms with Crippen LogP contribution < -0.4 is 10.1 Å². The third kappa shape index (κ3) is 4.08. The molecular formula is C27H33N3O4. The Balaban J connectivity index is 1.62. The van der Waals surface area contributed by atoms with Crippen molar-refractivity contribution in [1.82, 2.24) is 15.2 Å². The van der Waals surface area contributed by atoms with Gasteiger partial charge < -0.3 is 24.5 Å². The van der Waals surface area contributed by atoms with Gasteiger partial charge in [0.25, 0.3) is 0 Å². The number of nitrogens with one attached hydrogen (secondary N) is 2. The number of hydrogen-bond acceptors (Lipinski definition) is 6. The number of nitrogens with zero attached hydrogens (tertiary/aromatic N) is 1. The predicted octanol–water partition coefficient (Wildman–Crippen LogP) is 3.76. The molecule has 1 aromatic heterocycles. The molecule has 2 aliphatic rings. The van der Waals surface area contributed by atoms with Gasteiger partial charge in [0.05, 0.1) is 26.9 Å². The molecule has 0 aliphatic carbocycles. The molecule has 0 unspecified atom stereocenters. The van der Waals surface area contributed by atoms with Gasteiger partial charge in [-0.15, -0.1) is 0 Å². The summed E-state index contributed by atoms with van der Waals surface area (Å²) in [7, 11) is 4.90. The maximum absolute atomic E-state index is 13.2. The quantitative estimate of drug-likeness (QED) is 0.411. The molecule has 7 nitrogen and oxygen atoms in total. The van der Waals surface area contributed by atoms with Gasteiger partial charge in [0, 0.05) is 48.8 Å². The number of ether oxygens (including phenoxy) is 3. The highest BCUT2D eigenvalue weighted by Gasteiger charge is 2.48. The first-order valence-corrected chi connectivity index (χ1v) is 12.0. The lowest BCUT2D eigenvalue weighted by Crippen LogP contribution is -2.55. The minimum atomic E-state index is -0.349. The van der Waals surface area contributed by atoms with E-state index < -0.39 is 0 Å². The molecule has 0 spiro atoms. The predicted molar refractivity (Wildman–Crippen MR) is 131 cm³/mol. The molecule has 0 amide bonds. The van der Waals surface area contributed by atoms with Crippen molar-refractivity contribution in [3.63, 3.8) is 0 Å². The number of piperidine rings is 1. The van der Waals surface area contributed by atoms with E-state index in [0.29, 0.717) is 13.0 Å². The van der Waals surface area contributed by atoms with E-state index in [-0.39, 0.29) is 30.1 Å². The minimum absolute atomic E-state index is 0.0394. The molecular weight excluding hydrogens is 430 g/mol. The Morgan fingerprint density at radius 1 is 1.09 bits per heavy atom. The zero-order valence-corrected chi connectivity index (χ0v) is 20.0. The third-order valence-corrected chi connectivity index (χ3v) is 7.36. The minimum Gasteiger partial charge on any atom is -0.497 e. The Hall–Kier alpha value is -2.87. The van der Waals surface area contributed by atoms with E-state index in [1.807, 2.05) is 12.1 Å². The Labute approximate surface area is 200 Å². The van der Waals surface area contributed by atoms with Crippen molar-refractivity contribution in [3.8, 4) is 5.75 Å². The van der Waals surface area contributed by atoms with E-state index in [1.165, 1.54) is 23.8 Å². The van der Waals surface area contributed by atoms with Crippen LogP contribution in [-0.4, -0.2) is 62.4 Å². The summed E-state index contributed by atoms with van der Waals surface area (Å²) < 4.78 is 16.1. The van der Waals surface area contributed by atoms with Crippen molar-refractivity contribution in [1.29, 1.82) is 0 Å². The second kappa shape index (κ2) is 9.78. The van der Waals surface area contributed by atoms with Crippen LogP contribution in [0.25, 0.3) is 10.9 Å². The Kier molecular flexibility index (Phi) is 6.59. The van der Waals surface area contributed by atoms with Crippen molar-refractivity contribution >= 4 is 16.9 Å². The normalized spacial score (nSPS) is 24.4. The summed E-state index contributed by atoms with van der Waals surface area (Å²) in [6, 6.07) is 16.6. The number of aromatic amines is 1. The maximum Gasteiger partial charge on any atom is 0.323 e. The molecule has 2 N–H and O–H groups in total. The first-order chi connectivity index (χ1) is 16.6. The number of methoxy groups -OCH3 is 3. The molecule has 4 atom stereocenters. The van der Waals surface area contributed by atoms with Gasteiger partial charge in [-0.3, -0.25) is 9.69 Å². The van der Waals surface area contributed by atoms with E-state index >= 15 is 0 Å². The van der Waals surface area contributed by atoms with Crippen LogP contribution in [0.2, 0.25) is 0 Å². The molecule has 1 saturated heterocycles. The number of fused-ring (bicyclic) bond motifs is 5.